The molecule has 0 amide bonds. The van der Waals surface area contributed by atoms with Crippen molar-refractivity contribution in [2.75, 3.05) is 11.8 Å². The molecule has 2 aromatic heterocycles. The summed E-state index contributed by atoms with van der Waals surface area (Å²) in [4.78, 5) is 3.59. The first-order valence-electron chi connectivity index (χ1n) is 8.87. The molecule has 0 unspecified atom stereocenters. The molecule has 0 fully saturated rings. The van der Waals surface area contributed by atoms with Gasteiger partial charge in [-0.1, -0.05) is 24.3 Å². The van der Waals surface area contributed by atoms with Crippen LogP contribution in [0.3, 0.4) is 0 Å². The quantitative estimate of drug-likeness (QED) is 0.494. The molecular weight excluding hydrogens is 433 g/mol. The first-order chi connectivity index (χ1) is 14.7. The van der Waals surface area contributed by atoms with E-state index in [1.807, 2.05) is 0 Å². The maximum Gasteiger partial charge on any atom is 0.417 e. The number of imidazole rings is 1. The smallest absolute Gasteiger partial charge is 0.417 e. The second kappa shape index (κ2) is 7.58. The summed E-state index contributed by atoms with van der Waals surface area (Å²) < 4.78 is 73.4. The summed E-state index contributed by atoms with van der Waals surface area (Å²) in [6.07, 6.45) is -3.12. The van der Waals surface area contributed by atoms with Crippen LogP contribution < -0.4 is 9.46 Å². The van der Waals surface area contributed by atoms with E-state index in [2.05, 4.69) is 14.8 Å². The lowest BCUT2D eigenvalue weighted by Crippen LogP contribution is -2.18. The van der Waals surface area contributed by atoms with Gasteiger partial charge in [0.15, 0.2) is 5.65 Å². The Bertz CT molecular complexity index is 1350. The van der Waals surface area contributed by atoms with Crippen LogP contribution in [0.2, 0.25) is 0 Å². The van der Waals surface area contributed by atoms with E-state index in [-0.39, 0.29) is 5.69 Å². The van der Waals surface area contributed by atoms with Gasteiger partial charge in [0.2, 0.25) is 5.88 Å². The summed E-state index contributed by atoms with van der Waals surface area (Å²) in [6.45, 7) is 0. The molecule has 0 saturated carbocycles. The highest BCUT2D eigenvalue weighted by atomic mass is 32.2. The predicted octanol–water partition coefficient (Wildman–Crippen LogP) is 4.22. The van der Waals surface area contributed by atoms with Crippen LogP contribution in [0, 0.1) is 0 Å². The molecule has 160 valence electrons. The number of hydrogen-bond donors (Lipinski definition) is 1. The number of halogens is 3. The van der Waals surface area contributed by atoms with Gasteiger partial charge < -0.3 is 4.74 Å². The number of rotatable bonds is 5. The number of ether oxygens (including phenoxy) is 1. The first kappa shape index (κ1) is 20.7. The standard InChI is InChI=1S/C20H15F3N4O3S/c1-30-19-11-10-18-24-16(12-27(18)25-19)13-6-8-14(9-7-13)26-31(28,29)17-5-3-2-4-15(17)20(21,22)23/h2-12,26H,1H3. The van der Waals surface area contributed by atoms with Crippen LogP contribution >= 0.6 is 0 Å². The van der Waals surface area contributed by atoms with Crippen LogP contribution in [0.1, 0.15) is 5.56 Å². The van der Waals surface area contributed by atoms with Crippen molar-refractivity contribution < 1.29 is 26.3 Å². The molecular formula is C20H15F3N4O3S. The Hall–Kier alpha value is -3.60. The molecule has 4 aromatic rings. The van der Waals surface area contributed by atoms with Crippen molar-refractivity contribution in [1.82, 2.24) is 14.6 Å². The topological polar surface area (TPSA) is 85.6 Å². The second-order valence-corrected chi connectivity index (χ2v) is 8.13. The summed E-state index contributed by atoms with van der Waals surface area (Å²) in [5.74, 6) is 0.417. The number of alkyl halides is 3. The number of aromatic nitrogens is 3. The van der Waals surface area contributed by atoms with Gasteiger partial charge in [-0.05, 0) is 30.3 Å². The average Bonchev–Trinajstić information content (AvgIpc) is 3.16. The minimum absolute atomic E-state index is 0.115. The Kier molecular flexibility index (Phi) is 5.05. The van der Waals surface area contributed by atoms with Crippen molar-refractivity contribution in [2.45, 2.75) is 11.1 Å². The number of sulfonamides is 1. The predicted molar refractivity (Wildman–Crippen MR) is 107 cm³/mol. The molecule has 7 nitrogen and oxygen atoms in total. The maximum absolute atomic E-state index is 13.2. The molecule has 11 heteroatoms. The highest BCUT2D eigenvalue weighted by Crippen LogP contribution is 2.34. The zero-order chi connectivity index (χ0) is 22.2. The number of nitrogens with one attached hydrogen (secondary N) is 1. The molecule has 0 radical (unpaired) electrons. The van der Waals surface area contributed by atoms with Crippen LogP contribution in [0.5, 0.6) is 5.88 Å². The molecule has 2 aromatic carbocycles. The van der Waals surface area contributed by atoms with Crippen LogP contribution in [0.4, 0.5) is 18.9 Å². The van der Waals surface area contributed by atoms with E-state index in [0.717, 1.165) is 18.2 Å². The lowest BCUT2D eigenvalue weighted by Gasteiger charge is -2.14. The van der Waals surface area contributed by atoms with Gasteiger partial charge in [-0.15, -0.1) is 5.10 Å². The van der Waals surface area contributed by atoms with Gasteiger partial charge in [0.25, 0.3) is 10.0 Å². The number of benzene rings is 2. The van der Waals surface area contributed by atoms with E-state index >= 15 is 0 Å². The summed E-state index contributed by atoms with van der Waals surface area (Å²) in [6, 6.07) is 13.5. The highest BCUT2D eigenvalue weighted by Gasteiger charge is 2.36. The lowest BCUT2D eigenvalue weighted by atomic mass is 10.1. The fourth-order valence-electron chi connectivity index (χ4n) is 2.97. The van der Waals surface area contributed by atoms with E-state index in [1.54, 1.807) is 35.0 Å². The van der Waals surface area contributed by atoms with E-state index in [0.29, 0.717) is 22.8 Å². The van der Waals surface area contributed by atoms with E-state index in [4.69, 9.17) is 4.74 Å². The second-order valence-electron chi connectivity index (χ2n) is 6.48. The SMILES string of the molecule is COc1ccc2nc(-c3ccc(NS(=O)(=O)c4ccccc4C(F)(F)F)cc3)cn2n1. The Balaban J connectivity index is 1.61. The van der Waals surface area contributed by atoms with Crippen molar-refractivity contribution in [1.29, 1.82) is 0 Å². The zero-order valence-electron chi connectivity index (χ0n) is 16.0. The molecule has 0 bridgehead atoms. The van der Waals surface area contributed by atoms with Gasteiger partial charge in [0.1, 0.15) is 0 Å². The largest absolute Gasteiger partial charge is 0.480 e. The number of anilines is 1. The van der Waals surface area contributed by atoms with Crippen molar-refractivity contribution in [2.24, 2.45) is 0 Å². The van der Waals surface area contributed by atoms with E-state index in [1.165, 1.54) is 25.3 Å². The molecule has 1 N–H and O–H groups in total. The molecule has 31 heavy (non-hydrogen) atoms. The summed E-state index contributed by atoms with van der Waals surface area (Å²) in [7, 11) is -2.95. The number of nitrogens with zero attached hydrogens (tertiary/aromatic N) is 3. The monoisotopic (exact) mass is 448 g/mol. The van der Waals surface area contributed by atoms with Crippen molar-refractivity contribution in [3.63, 3.8) is 0 Å². The van der Waals surface area contributed by atoms with Crippen molar-refractivity contribution >= 4 is 21.4 Å². The highest BCUT2D eigenvalue weighted by molar-refractivity contribution is 7.92. The Morgan fingerprint density at radius 1 is 1.00 bits per heavy atom. The molecule has 0 atom stereocenters. The minimum Gasteiger partial charge on any atom is -0.480 e. The fraction of sp³-hybridized carbons (Fsp3) is 0.100. The molecule has 0 spiro atoms. The molecule has 0 aliphatic carbocycles. The Labute approximate surface area is 175 Å². The number of methoxy groups -OCH3 is 1. The Morgan fingerprint density at radius 3 is 2.39 bits per heavy atom. The van der Waals surface area contributed by atoms with Gasteiger partial charge in [0, 0.05) is 17.3 Å². The van der Waals surface area contributed by atoms with Crippen molar-refractivity contribution in [3.8, 4) is 17.1 Å². The summed E-state index contributed by atoms with van der Waals surface area (Å²) in [5.41, 5.74) is 0.723. The molecule has 0 saturated heterocycles. The van der Waals surface area contributed by atoms with Gasteiger partial charge in [-0.2, -0.15) is 13.2 Å². The molecule has 4 rings (SSSR count). The van der Waals surface area contributed by atoms with Crippen LogP contribution in [-0.4, -0.2) is 30.1 Å². The third-order valence-corrected chi connectivity index (χ3v) is 5.86. The van der Waals surface area contributed by atoms with Gasteiger partial charge in [-0.25, -0.2) is 17.9 Å². The third-order valence-electron chi connectivity index (χ3n) is 4.42. The average molecular weight is 448 g/mol. The zero-order valence-corrected chi connectivity index (χ0v) is 16.8. The summed E-state index contributed by atoms with van der Waals surface area (Å²) >= 11 is 0. The number of hydrogen-bond acceptors (Lipinski definition) is 5. The van der Waals surface area contributed by atoms with E-state index in [9.17, 15) is 21.6 Å². The molecule has 2 heterocycles. The molecule has 0 aliphatic rings. The van der Waals surface area contributed by atoms with Gasteiger partial charge >= 0.3 is 6.18 Å². The third kappa shape index (κ3) is 4.17. The van der Waals surface area contributed by atoms with Gasteiger partial charge in [-0.3, -0.25) is 4.72 Å². The van der Waals surface area contributed by atoms with Crippen LogP contribution in [-0.2, 0) is 16.2 Å². The van der Waals surface area contributed by atoms with Crippen LogP contribution in [0.15, 0.2) is 71.8 Å². The first-order valence-corrected chi connectivity index (χ1v) is 10.4. The Morgan fingerprint density at radius 2 is 1.71 bits per heavy atom. The summed E-state index contributed by atoms with van der Waals surface area (Å²) in [5, 5.41) is 4.22. The maximum atomic E-state index is 13.2. The lowest BCUT2D eigenvalue weighted by molar-refractivity contribution is -0.139. The fourth-order valence-corrected chi connectivity index (χ4v) is 4.25. The number of fused-ring (bicyclic) bond motifs is 1. The molecule has 0 aliphatic heterocycles. The van der Waals surface area contributed by atoms with Gasteiger partial charge in [0.05, 0.1) is 29.5 Å². The van der Waals surface area contributed by atoms with Crippen molar-refractivity contribution in [3.05, 3.63) is 72.4 Å². The van der Waals surface area contributed by atoms with E-state index < -0.39 is 26.7 Å². The minimum atomic E-state index is -4.80. The van der Waals surface area contributed by atoms with Crippen LogP contribution in [0.25, 0.3) is 16.9 Å². The normalized spacial score (nSPS) is 12.1.